The molecule has 0 fully saturated rings. The Labute approximate surface area is 118 Å². The van der Waals surface area contributed by atoms with Gasteiger partial charge in [0.05, 0.1) is 11.7 Å². The van der Waals surface area contributed by atoms with Crippen LogP contribution in [0.4, 0.5) is 0 Å². The molecule has 0 heterocycles. The summed E-state index contributed by atoms with van der Waals surface area (Å²) < 4.78 is 5.08. The van der Waals surface area contributed by atoms with Gasteiger partial charge in [0.2, 0.25) is 0 Å². The highest BCUT2D eigenvalue weighted by atomic mass is 16.5. The van der Waals surface area contributed by atoms with E-state index >= 15 is 0 Å². The Morgan fingerprint density at radius 2 is 1.95 bits per heavy atom. The van der Waals surface area contributed by atoms with Crippen LogP contribution in [0.25, 0.3) is 0 Å². The Morgan fingerprint density at radius 1 is 1.32 bits per heavy atom. The van der Waals surface area contributed by atoms with Gasteiger partial charge in [0.15, 0.2) is 0 Å². The minimum atomic E-state index is -0.453. The Morgan fingerprint density at radius 3 is 2.42 bits per heavy atom. The largest absolute Gasteiger partial charge is 0.434 e. The second kappa shape index (κ2) is 8.73. The van der Waals surface area contributed by atoms with E-state index in [1.807, 2.05) is 32.9 Å². The molecule has 2 heteroatoms. The second-order valence-electron chi connectivity index (χ2n) is 6.12. The molecule has 0 radical (unpaired) electrons. The summed E-state index contributed by atoms with van der Waals surface area (Å²) in [5.41, 5.74) is 0.892. The molecule has 1 unspecified atom stereocenters. The molecule has 0 rings (SSSR count). The Hall–Kier alpha value is -1.31. The third kappa shape index (κ3) is 9.29. The first-order valence-corrected chi connectivity index (χ1v) is 6.89. The molecule has 0 aliphatic rings. The van der Waals surface area contributed by atoms with E-state index in [1.54, 1.807) is 0 Å². The maximum absolute atomic E-state index is 11.5. The lowest BCUT2D eigenvalue weighted by atomic mass is 9.97. The molecule has 0 aromatic carbocycles. The zero-order chi connectivity index (χ0) is 14.9. The summed E-state index contributed by atoms with van der Waals surface area (Å²) in [7, 11) is 0. The van der Waals surface area contributed by atoms with Crippen LogP contribution in [0.15, 0.2) is 36.6 Å². The molecule has 108 valence electrons. The zero-order valence-electron chi connectivity index (χ0n) is 13.0. The van der Waals surface area contributed by atoms with Crippen LogP contribution in [0, 0.1) is 11.3 Å². The maximum atomic E-state index is 11.5. The molecule has 1 atom stereocenters. The molecule has 2 nitrogen and oxygen atoms in total. The zero-order valence-corrected chi connectivity index (χ0v) is 13.0. The van der Waals surface area contributed by atoms with Gasteiger partial charge in [-0.15, -0.1) is 6.58 Å². The number of hydrogen-bond donors (Lipinski definition) is 0. The predicted octanol–water partition coefficient (Wildman–Crippen LogP) is 5.03. The van der Waals surface area contributed by atoms with Crippen LogP contribution in [-0.2, 0) is 9.53 Å². The first-order chi connectivity index (χ1) is 8.77. The molecule has 0 aliphatic heterocycles. The van der Waals surface area contributed by atoms with Gasteiger partial charge in [0.1, 0.15) is 0 Å². The molecule has 0 saturated heterocycles. The summed E-state index contributed by atoms with van der Waals surface area (Å²) in [6, 6.07) is 0. The van der Waals surface area contributed by atoms with E-state index in [4.69, 9.17) is 4.74 Å². The number of esters is 1. The van der Waals surface area contributed by atoms with Gasteiger partial charge in [-0.3, -0.25) is 4.79 Å². The summed E-state index contributed by atoms with van der Waals surface area (Å²) in [6.07, 6.45) is 10.6. The third-order valence-electron chi connectivity index (χ3n) is 2.75. The highest BCUT2D eigenvalue weighted by molar-refractivity contribution is 5.75. The van der Waals surface area contributed by atoms with Gasteiger partial charge < -0.3 is 4.74 Å². The summed E-state index contributed by atoms with van der Waals surface area (Å²) in [4.78, 5) is 11.5. The van der Waals surface area contributed by atoms with E-state index in [0.29, 0.717) is 5.92 Å². The number of carbonyl (C=O) groups is 1. The standard InChI is InChI=1S/C17H28O2/c1-7-15(11-8-10-14(2)3)12-9-13-19-16(18)17(4,5)6/h7,9-10,13,15H,1,8,11-12H2,2-6H3/b13-9-. The van der Waals surface area contributed by atoms with Crippen molar-refractivity contribution in [1.82, 2.24) is 0 Å². The van der Waals surface area contributed by atoms with Crippen molar-refractivity contribution in [3.05, 3.63) is 36.6 Å². The lowest BCUT2D eigenvalue weighted by molar-refractivity contribution is -0.146. The minimum absolute atomic E-state index is 0.205. The Kier molecular flexibility index (Phi) is 8.13. The van der Waals surface area contributed by atoms with Crippen LogP contribution in [0.2, 0.25) is 0 Å². The van der Waals surface area contributed by atoms with E-state index in [9.17, 15) is 4.79 Å². The quantitative estimate of drug-likeness (QED) is 0.366. The van der Waals surface area contributed by atoms with Crippen LogP contribution in [0.1, 0.15) is 53.9 Å². The van der Waals surface area contributed by atoms with Gasteiger partial charge in [-0.1, -0.05) is 17.7 Å². The van der Waals surface area contributed by atoms with Crippen LogP contribution >= 0.6 is 0 Å². The van der Waals surface area contributed by atoms with E-state index in [1.165, 1.54) is 11.8 Å². The molecular formula is C17H28O2. The fraction of sp³-hybridized carbons (Fsp3) is 0.588. The highest BCUT2D eigenvalue weighted by Gasteiger charge is 2.22. The van der Waals surface area contributed by atoms with Crippen LogP contribution in [0.3, 0.4) is 0 Å². The van der Waals surface area contributed by atoms with Crippen molar-refractivity contribution in [1.29, 1.82) is 0 Å². The Balaban J connectivity index is 4.04. The molecule has 0 N–H and O–H groups in total. The van der Waals surface area contributed by atoms with E-state index in [-0.39, 0.29) is 5.97 Å². The summed E-state index contributed by atoms with van der Waals surface area (Å²) >= 11 is 0. The van der Waals surface area contributed by atoms with Crippen molar-refractivity contribution in [2.45, 2.75) is 53.9 Å². The van der Waals surface area contributed by atoms with Crippen LogP contribution in [0.5, 0.6) is 0 Å². The van der Waals surface area contributed by atoms with Crippen molar-refractivity contribution in [3.8, 4) is 0 Å². The molecular weight excluding hydrogens is 236 g/mol. The van der Waals surface area contributed by atoms with Crippen LogP contribution < -0.4 is 0 Å². The second-order valence-corrected chi connectivity index (χ2v) is 6.12. The van der Waals surface area contributed by atoms with Gasteiger partial charge in [-0.25, -0.2) is 0 Å². The molecule has 0 aromatic heterocycles. The third-order valence-corrected chi connectivity index (χ3v) is 2.75. The highest BCUT2D eigenvalue weighted by Crippen LogP contribution is 2.17. The SMILES string of the molecule is C=CC(C/C=C\OC(=O)C(C)(C)C)CCC=C(C)C. The maximum Gasteiger partial charge on any atom is 0.316 e. The molecule has 0 saturated carbocycles. The minimum Gasteiger partial charge on any atom is -0.434 e. The van der Waals surface area contributed by atoms with Crippen molar-refractivity contribution < 1.29 is 9.53 Å². The predicted molar refractivity (Wildman–Crippen MR) is 81.7 cm³/mol. The summed E-state index contributed by atoms with van der Waals surface area (Å²) in [5.74, 6) is 0.226. The summed E-state index contributed by atoms with van der Waals surface area (Å²) in [5, 5.41) is 0. The topological polar surface area (TPSA) is 26.3 Å². The molecule has 0 spiro atoms. The fourth-order valence-corrected chi connectivity index (χ4v) is 1.44. The Bertz CT molecular complexity index is 339. The van der Waals surface area contributed by atoms with Gasteiger partial charge in [0.25, 0.3) is 0 Å². The fourth-order valence-electron chi connectivity index (χ4n) is 1.44. The first kappa shape index (κ1) is 17.7. The average Bonchev–Trinajstić information content (AvgIpc) is 2.30. The summed E-state index contributed by atoms with van der Waals surface area (Å²) in [6.45, 7) is 13.6. The van der Waals surface area contributed by atoms with E-state index < -0.39 is 5.41 Å². The molecule has 0 bridgehead atoms. The van der Waals surface area contributed by atoms with Crippen molar-refractivity contribution in [3.63, 3.8) is 0 Å². The van der Waals surface area contributed by atoms with Gasteiger partial charge >= 0.3 is 5.97 Å². The monoisotopic (exact) mass is 264 g/mol. The van der Waals surface area contributed by atoms with E-state index in [2.05, 4.69) is 26.5 Å². The van der Waals surface area contributed by atoms with Gasteiger partial charge in [-0.2, -0.15) is 0 Å². The van der Waals surface area contributed by atoms with E-state index in [0.717, 1.165) is 19.3 Å². The van der Waals surface area contributed by atoms with Crippen LogP contribution in [-0.4, -0.2) is 5.97 Å². The van der Waals surface area contributed by atoms with Crippen molar-refractivity contribution in [2.24, 2.45) is 11.3 Å². The van der Waals surface area contributed by atoms with Gasteiger partial charge in [-0.05, 0) is 65.9 Å². The normalized spacial score (nSPS) is 13.1. The number of ether oxygens (including phenoxy) is 1. The number of carbonyl (C=O) groups excluding carboxylic acids is 1. The average molecular weight is 264 g/mol. The number of rotatable bonds is 7. The lowest BCUT2D eigenvalue weighted by Gasteiger charge is -2.14. The van der Waals surface area contributed by atoms with Crippen molar-refractivity contribution in [2.75, 3.05) is 0 Å². The first-order valence-electron chi connectivity index (χ1n) is 6.89. The smallest absolute Gasteiger partial charge is 0.316 e. The number of allylic oxidation sites excluding steroid dienone is 4. The lowest BCUT2D eigenvalue weighted by Crippen LogP contribution is -2.20. The number of hydrogen-bond acceptors (Lipinski definition) is 2. The molecule has 0 amide bonds. The van der Waals surface area contributed by atoms with Crippen molar-refractivity contribution >= 4 is 5.97 Å². The molecule has 0 aromatic rings. The van der Waals surface area contributed by atoms with Gasteiger partial charge in [0, 0.05) is 0 Å². The molecule has 0 aliphatic carbocycles. The molecule has 19 heavy (non-hydrogen) atoms.